The molecule has 0 aromatic carbocycles. The first kappa shape index (κ1) is 19.0. The third kappa shape index (κ3) is 5.58. The summed E-state index contributed by atoms with van der Waals surface area (Å²) in [4.78, 5) is 30.1. The average molecular weight is 325 g/mol. The zero-order chi connectivity index (χ0) is 17.6. The summed E-state index contributed by atoms with van der Waals surface area (Å²) >= 11 is 0. The van der Waals surface area contributed by atoms with Crippen molar-refractivity contribution in [2.75, 3.05) is 26.2 Å². The molecule has 130 valence electrons. The molecule has 0 aromatic heterocycles. The van der Waals surface area contributed by atoms with E-state index in [-0.39, 0.29) is 18.9 Å². The van der Waals surface area contributed by atoms with Crippen LogP contribution in [0.4, 0.5) is 4.79 Å². The summed E-state index contributed by atoms with van der Waals surface area (Å²) in [6.07, 6.45) is 0.0405. The van der Waals surface area contributed by atoms with Gasteiger partial charge in [0, 0.05) is 30.8 Å². The highest BCUT2D eigenvalue weighted by atomic mass is 16.6. The molecular formula is C16H27N3O4. The van der Waals surface area contributed by atoms with Gasteiger partial charge in [-0.05, 0) is 34.6 Å². The first-order chi connectivity index (χ1) is 10.7. The number of carbonyl (C=O) groups excluding carboxylic acids is 2. The van der Waals surface area contributed by atoms with Gasteiger partial charge in [-0.3, -0.25) is 4.99 Å². The maximum absolute atomic E-state index is 12.2. The number of aliphatic imine (C=N–C) groups is 1. The lowest BCUT2D eigenvalue weighted by Crippen LogP contribution is -2.43. The zero-order valence-electron chi connectivity index (χ0n) is 14.6. The first-order valence-corrected chi connectivity index (χ1v) is 7.87. The van der Waals surface area contributed by atoms with Gasteiger partial charge in [0.1, 0.15) is 11.3 Å². The molecule has 0 atom stereocenters. The van der Waals surface area contributed by atoms with E-state index < -0.39 is 17.7 Å². The summed E-state index contributed by atoms with van der Waals surface area (Å²) in [5, 5.41) is 0. The Bertz CT molecular complexity index is 518. The van der Waals surface area contributed by atoms with E-state index in [0.29, 0.717) is 30.8 Å². The number of rotatable bonds is 4. The highest BCUT2D eigenvalue weighted by molar-refractivity contribution is 6.43. The molecule has 0 unspecified atom stereocenters. The van der Waals surface area contributed by atoms with Gasteiger partial charge in [0.05, 0.1) is 13.2 Å². The Labute approximate surface area is 137 Å². The Balaban J connectivity index is 2.98. The van der Waals surface area contributed by atoms with E-state index in [9.17, 15) is 9.59 Å². The quantitative estimate of drug-likeness (QED) is 0.629. The minimum absolute atomic E-state index is 0.193. The Hall–Kier alpha value is -2.05. The molecule has 0 aliphatic carbocycles. The van der Waals surface area contributed by atoms with Crippen LogP contribution in [0.3, 0.4) is 0 Å². The van der Waals surface area contributed by atoms with Gasteiger partial charge in [0.25, 0.3) is 0 Å². The molecule has 1 aliphatic heterocycles. The lowest BCUT2D eigenvalue weighted by molar-refractivity contribution is -0.135. The van der Waals surface area contributed by atoms with E-state index in [0.717, 1.165) is 0 Å². The Morgan fingerprint density at radius 1 is 1.30 bits per heavy atom. The molecule has 1 rings (SSSR count). The van der Waals surface area contributed by atoms with Crippen molar-refractivity contribution in [3.63, 3.8) is 0 Å². The molecule has 1 aliphatic rings. The van der Waals surface area contributed by atoms with Crippen LogP contribution in [0, 0.1) is 0 Å². The van der Waals surface area contributed by atoms with Crippen molar-refractivity contribution in [2.24, 2.45) is 10.7 Å². The molecule has 7 heteroatoms. The van der Waals surface area contributed by atoms with Crippen molar-refractivity contribution >= 4 is 17.8 Å². The van der Waals surface area contributed by atoms with Crippen molar-refractivity contribution in [3.8, 4) is 0 Å². The maximum atomic E-state index is 12.2. The van der Waals surface area contributed by atoms with Gasteiger partial charge >= 0.3 is 12.1 Å². The van der Waals surface area contributed by atoms with Gasteiger partial charge in [0.2, 0.25) is 0 Å². The van der Waals surface area contributed by atoms with E-state index in [1.807, 2.05) is 27.7 Å². The predicted octanol–water partition coefficient (Wildman–Crippen LogP) is 1.86. The summed E-state index contributed by atoms with van der Waals surface area (Å²) in [5.41, 5.74) is 6.77. The van der Waals surface area contributed by atoms with Crippen LogP contribution in [0.15, 0.2) is 16.3 Å². The minimum atomic E-state index is -0.578. The fourth-order valence-electron chi connectivity index (χ4n) is 2.13. The van der Waals surface area contributed by atoms with Gasteiger partial charge in [-0.25, -0.2) is 9.59 Å². The lowest BCUT2D eigenvalue weighted by Gasteiger charge is -2.31. The number of esters is 1. The molecule has 0 saturated heterocycles. The molecule has 1 amide bonds. The van der Waals surface area contributed by atoms with Crippen LogP contribution in [0.25, 0.3) is 0 Å². The second-order valence-electron chi connectivity index (χ2n) is 6.20. The van der Waals surface area contributed by atoms with Gasteiger partial charge in [-0.1, -0.05) is 0 Å². The summed E-state index contributed by atoms with van der Waals surface area (Å²) in [7, 11) is 0. The summed E-state index contributed by atoms with van der Waals surface area (Å²) in [6.45, 7) is 10.3. The Morgan fingerprint density at radius 2 is 1.96 bits per heavy atom. The van der Waals surface area contributed by atoms with Crippen molar-refractivity contribution < 1.29 is 19.1 Å². The monoisotopic (exact) mass is 325 g/mol. The molecule has 0 saturated carbocycles. The topological polar surface area (TPSA) is 94.2 Å². The third-order valence-corrected chi connectivity index (χ3v) is 3.11. The van der Waals surface area contributed by atoms with E-state index in [4.69, 9.17) is 15.2 Å². The van der Waals surface area contributed by atoms with Crippen LogP contribution in [0.1, 0.15) is 41.0 Å². The Morgan fingerprint density at radius 3 is 2.48 bits per heavy atom. The highest BCUT2D eigenvalue weighted by Crippen LogP contribution is 2.19. The Kier molecular flexibility index (Phi) is 6.60. The number of hydrogen-bond donors (Lipinski definition) is 1. The SMILES string of the molecule is CCN=C(C(=O)OCC)C1=C(N)CCN(C(=O)OC(C)(C)C)C1. The van der Waals surface area contributed by atoms with Crippen molar-refractivity contribution in [1.82, 2.24) is 4.90 Å². The van der Waals surface area contributed by atoms with E-state index in [1.54, 1.807) is 6.92 Å². The largest absolute Gasteiger partial charge is 0.461 e. The van der Waals surface area contributed by atoms with Crippen LogP contribution >= 0.6 is 0 Å². The normalized spacial score (nSPS) is 16.4. The van der Waals surface area contributed by atoms with Crippen LogP contribution in [-0.2, 0) is 14.3 Å². The van der Waals surface area contributed by atoms with Crippen LogP contribution in [0.5, 0.6) is 0 Å². The molecule has 1 heterocycles. The van der Waals surface area contributed by atoms with E-state index >= 15 is 0 Å². The van der Waals surface area contributed by atoms with Crippen molar-refractivity contribution in [1.29, 1.82) is 0 Å². The number of nitrogens with zero attached hydrogens (tertiary/aromatic N) is 2. The van der Waals surface area contributed by atoms with Crippen molar-refractivity contribution in [3.05, 3.63) is 11.3 Å². The number of ether oxygens (including phenoxy) is 2. The standard InChI is InChI=1S/C16H27N3O4/c1-6-18-13(14(20)22-7-2)11-10-19(9-8-12(11)17)15(21)23-16(3,4)5/h6-10,17H2,1-5H3. The van der Waals surface area contributed by atoms with Gasteiger partial charge in [-0.15, -0.1) is 0 Å². The second kappa shape index (κ2) is 7.99. The highest BCUT2D eigenvalue weighted by Gasteiger charge is 2.30. The zero-order valence-corrected chi connectivity index (χ0v) is 14.6. The van der Waals surface area contributed by atoms with Gasteiger partial charge in [-0.2, -0.15) is 0 Å². The fourth-order valence-corrected chi connectivity index (χ4v) is 2.13. The fraction of sp³-hybridized carbons (Fsp3) is 0.688. The molecule has 7 nitrogen and oxygen atoms in total. The molecule has 0 spiro atoms. The number of hydrogen-bond acceptors (Lipinski definition) is 6. The summed E-state index contributed by atoms with van der Waals surface area (Å²) in [5.74, 6) is -0.515. The molecule has 0 bridgehead atoms. The molecular weight excluding hydrogens is 298 g/mol. The second-order valence-corrected chi connectivity index (χ2v) is 6.20. The van der Waals surface area contributed by atoms with E-state index in [2.05, 4.69) is 4.99 Å². The van der Waals surface area contributed by atoms with Crippen LogP contribution in [-0.4, -0.2) is 54.5 Å². The lowest BCUT2D eigenvalue weighted by atomic mass is 10.0. The van der Waals surface area contributed by atoms with Gasteiger partial charge in [0.15, 0.2) is 0 Å². The molecule has 23 heavy (non-hydrogen) atoms. The number of amides is 1. The molecule has 0 radical (unpaired) electrons. The summed E-state index contributed by atoms with van der Waals surface area (Å²) < 4.78 is 10.4. The number of nitrogens with two attached hydrogens (primary N) is 1. The van der Waals surface area contributed by atoms with Crippen LogP contribution < -0.4 is 5.73 Å². The van der Waals surface area contributed by atoms with Gasteiger partial charge < -0.3 is 20.1 Å². The molecule has 0 aromatic rings. The first-order valence-electron chi connectivity index (χ1n) is 7.87. The molecule has 2 N–H and O–H groups in total. The smallest absolute Gasteiger partial charge is 0.410 e. The minimum Gasteiger partial charge on any atom is -0.461 e. The third-order valence-electron chi connectivity index (χ3n) is 3.11. The average Bonchev–Trinajstić information content (AvgIpc) is 2.44. The summed E-state index contributed by atoms with van der Waals surface area (Å²) in [6, 6.07) is 0. The van der Waals surface area contributed by atoms with E-state index in [1.165, 1.54) is 4.90 Å². The predicted molar refractivity (Wildman–Crippen MR) is 88.2 cm³/mol. The number of carbonyl (C=O) groups is 2. The van der Waals surface area contributed by atoms with Crippen molar-refractivity contribution in [2.45, 2.75) is 46.6 Å². The maximum Gasteiger partial charge on any atom is 0.410 e. The van der Waals surface area contributed by atoms with Crippen LogP contribution in [0.2, 0.25) is 0 Å². The molecule has 0 fully saturated rings.